The van der Waals surface area contributed by atoms with E-state index in [-0.39, 0.29) is 16.4 Å². The monoisotopic (exact) mass is 306 g/mol. The Labute approximate surface area is 108 Å². The molecule has 16 heavy (non-hydrogen) atoms. The van der Waals surface area contributed by atoms with E-state index in [0.29, 0.717) is 23.4 Å². The van der Waals surface area contributed by atoms with Gasteiger partial charge in [0.2, 0.25) is 0 Å². The minimum Gasteiger partial charge on any atom is -0.298 e. The average molecular weight is 308 g/mol. The Morgan fingerprint density at radius 3 is 2.88 bits per heavy atom. The zero-order valence-electron chi connectivity index (χ0n) is 8.97. The lowest BCUT2D eigenvalue weighted by Gasteiger charge is -2.09. The van der Waals surface area contributed by atoms with Gasteiger partial charge in [0.1, 0.15) is 11.6 Å². The third kappa shape index (κ3) is 3.87. The van der Waals surface area contributed by atoms with E-state index in [4.69, 9.17) is 11.6 Å². The summed E-state index contributed by atoms with van der Waals surface area (Å²) in [5, 5.41) is 0.496. The van der Waals surface area contributed by atoms with Crippen molar-refractivity contribution in [2.45, 2.75) is 31.0 Å². The minimum absolute atomic E-state index is 0.128. The molecule has 4 heteroatoms. The van der Waals surface area contributed by atoms with Crippen LogP contribution in [0.2, 0.25) is 5.02 Å². The quantitative estimate of drug-likeness (QED) is 0.747. The van der Waals surface area contributed by atoms with Crippen molar-refractivity contribution in [1.29, 1.82) is 0 Å². The van der Waals surface area contributed by atoms with E-state index in [1.54, 1.807) is 0 Å². The van der Waals surface area contributed by atoms with E-state index in [1.807, 2.05) is 6.92 Å². The smallest absolute Gasteiger partial charge is 0.146 e. The average Bonchev–Trinajstić information content (AvgIpc) is 2.23. The number of halogens is 3. The molecule has 1 unspecified atom stereocenters. The van der Waals surface area contributed by atoms with Gasteiger partial charge >= 0.3 is 0 Å². The van der Waals surface area contributed by atoms with Crippen molar-refractivity contribution in [3.05, 3.63) is 34.6 Å². The lowest BCUT2D eigenvalue weighted by atomic mass is 10.1. The highest BCUT2D eigenvalue weighted by Crippen LogP contribution is 2.21. The second-order valence-corrected chi connectivity index (χ2v) is 5.14. The van der Waals surface area contributed by atoms with Gasteiger partial charge in [0.05, 0.1) is 4.83 Å². The topological polar surface area (TPSA) is 17.1 Å². The molecule has 0 N–H and O–H groups in total. The predicted molar refractivity (Wildman–Crippen MR) is 67.7 cm³/mol. The van der Waals surface area contributed by atoms with E-state index in [9.17, 15) is 9.18 Å². The third-order valence-electron chi connectivity index (χ3n) is 2.25. The van der Waals surface area contributed by atoms with Crippen LogP contribution >= 0.6 is 27.5 Å². The molecule has 88 valence electrons. The number of benzene rings is 1. The maximum atomic E-state index is 13.0. The first-order valence-corrected chi connectivity index (χ1v) is 6.44. The molecular formula is C12H13BrClFO. The highest BCUT2D eigenvalue weighted by Gasteiger charge is 2.16. The summed E-state index contributed by atoms with van der Waals surface area (Å²) < 4.78 is 13.0. The van der Waals surface area contributed by atoms with Gasteiger partial charge in [-0.1, -0.05) is 34.5 Å². The van der Waals surface area contributed by atoms with E-state index in [0.717, 1.165) is 6.42 Å². The molecule has 0 aromatic heterocycles. The van der Waals surface area contributed by atoms with E-state index in [1.165, 1.54) is 18.2 Å². The Morgan fingerprint density at radius 2 is 2.25 bits per heavy atom. The van der Waals surface area contributed by atoms with E-state index < -0.39 is 0 Å². The Morgan fingerprint density at radius 1 is 1.56 bits per heavy atom. The number of carbonyl (C=O) groups excluding carboxylic acids is 1. The van der Waals surface area contributed by atoms with Gasteiger partial charge < -0.3 is 0 Å². The van der Waals surface area contributed by atoms with E-state index >= 15 is 0 Å². The number of hydrogen-bond acceptors (Lipinski definition) is 1. The maximum Gasteiger partial charge on any atom is 0.146 e. The van der Waals surface area contributed by atoms with E-state index in [2.05, 4.69) is 15.9 Å². The van der Waals surface area contributed by atoms with Crippen molar-refractivity contribution in [3.63, 3.8) is 0 Å². The summed E-state index contributed by atoms with van der Waals surface area (Å²) in [6, 6.07) is 4.19. The summed E-state index contributed by atoms with van der Waals surface area (Å²) >= 11 is 9.23. The van der Waals surface area contributed by atoms with Crippen molar-refractivity contribution in [1.82, 2.24) is 0 Å². The summed E-state index contributed by atoms with van der Waals surface area (Å²) in [6.07, 6.45) is 1.77. The summed E-state index contributed by atoms with van der Waals surface area (Å²) in [7, 11) is 0. The van der Waals surface area contributed by atoms with Gasteiger partial charge in [-0.3, -0.25) is 4.79 Å². The Kier molecular flexibility index (Phi) is 5.42. The molecule has 0 saturated heterocycles. The number of Topliss-reactive ketones (excluding diaryl/α,β-unsaturated/α-hetero) is 1. The van der Waals surface area contributed by atoms with Crippen molar-refractivity contribution in [3.8, 4) is 0 Å². The molecule has 1 rings (SSSR count). The summed E-state index contributed by atoms with van der Waals surface area (Å²) in [6.45, 7) is 1.95. The van der Waals surface area contributed by atoms with Gasteiger partial charge in [-0.15, -0.1) is 0 Å². The molecule has 1 atom stereocenters. The number of rotatable bonds is 5. The summed E-state index contributed by atoms with van der Waals surface area (Å²) in [5.41, 5.74) is 0.660. The molecule has 0 aliphatic heterocycles. The normalized spacial score (nSPS) is 12.5. The fourth-order valence-corrected chi connectivity index (χ4v) is 2.18. The van der Waals surface area contributed by atoms with Crippen LogP contribution in [0.3, 0.4) is 0 Å². The highest BCUT2D eigenvalue weighted by atomic mass is 79.9. The molecule has 0 heterocycles. The second kappa shape index (κ2) is 6.36. The Balaban J connectivity index is 2.72. The van der Waals surface area contributed by atoms with Crippen LogP contribution in [-0.2, 0) is 11.2 Å². The second-order valence-electron chi connectivity index (χ2n) is 3.62. The molecule has 0 fully saturated rings. The molecule has 0 radical (unpaired) electrons. The fraction of sp³-hybridized carbons (Fsp3) is 0.417. The fourth-order valence-electron chi connectivity index (χ4n) is 1.41. The predicted octanol–water partition coefficient (Wildman–Crippen LogP) is 4.15. The first-order chi connectivity index (χ1) is 7.54. The maximum absolute atomic E-state index is 13.0. The van der Waals surface area contributed by atoms with Gasteiger partial charge in [-0.05, 0) is 36.6 Å². The third-order valence-corrected chi connectivity index (χ3v) is 3.46. The lowest BCUT2D eigenvalue weighted by Crippen LogP contribution is -2.16. The molecule has 1 nitrogen and oxygen atoms in total. The highest BCUT2D eigenvalue weighted by molar-refractivity contribution is 9.10. The standard InChI is InChI=1S/C12H13BrClFO/c1-2-3-12(16)10(13)7-8-6-9(15)4-5-11(8)14/h4-6,10H,2-3,7H2,1H3. The van der Waals surface area contributed by atoms with Crippen LogP contribution in [0.4, 0.5) is 4.39 Å². The van der Waals surface area contributed by atoms with Gasteiger partial charge in [0.25, 0.3) is 0 Å². The molecular weight excluding hydrogens is 294 g/mol. The SMILES string of the molecule is CCCC(=O)C(Br)Cc1cc(F)ccc1Cl. The van der Waals surface area contributed by atoms with Crippen LogP contribution < -0.4 is 0 Å². The number of alkyl halides is 1. The number of hydrogen-bond donors (Lipinski definition) is 0. The molecule has 0 spiro atoms. The molecule has 0 aliphatic carbocycles. The Bertz CT molecular complexity index is 381. The van der Waals surface area contributed by atoms with Crippen LogP contribution in [0.25, 0.3) is 0 Å². The van der Waals surface area contributed by atoms with Crippen LogP contribution in [0.1, 0.15) is 25.3 Å². The first kappa shape index (κ1) is 13.7. The zero-order valence-corrected chi connectivity index (χ0v) is 11.3. The molecule has 1 aromatic rings. The van der Waals surface area contributed by atoms with Crippen molar-refractivity contribution in [2.24, 2.45) is 0 Å². The van der Waals surface area contributed by atoms with Gasteiger partial charge in [0, 0.05) is 11.4 Å². The number of carbonyl (C=O) groups is 1. The molecule has 0 bridgehead atoms. The Hall–Kier alpha value is -0.410. The van der Waals surface area contributed by atoms with Crippen LogP contribution in [0, 0.1) is 5.82 Å². The van der Waals surface area contributed by atoms with Crippen LogP contribution in [0.5, 0.6) is 0 Å². The van der Waals surface area contributed by atoms with Crippen molar-refractivity contribution >= 4 is 33.3 Å². The summed E-state index contributed by atoms with van der Waals surface area (Å²) in [5.74, 6) is -0.204. The summed E-state index contributed by atoms with van der Waals surface area (Å²) in [4.78, 5) is 11.3. The molecule has 1 aromatic carbocycles. The van der Waals surface area contributed by atoms with Gasteiger partial charge in [-0.2, -0.15) is 0 Å². The van der Waals surface area contributed by atoms with Gasteiger partial charge in [-0.25, -0.2) is 4.39 Å². The molecule has 0 saturated carbocycles. The molecule has 0 aliphatic rings. The zero-order chi connectivity index (χ0) is 12.1. The minimum atomic E-state index is -0.331. The number of ketones is 1. The van der Waals surface area contributed by atoms with Crippen LogP contribution in [0.15, 0.2) is 18.2 Å². The largest absolute Gasteiger partial charge is 0.298 e. The lowest BCUT2D eigenvalue weighted by molar-refractivity contribution is -0.118. The van der Waals surface area contributed by atoms with Crippen molar-refractivity contribution < 1.29 is 9.18 Å². The van der Waals surface area contributed by atoms with Crippen LogP contribution in [-0.4, -0.2) is 10.6 Å². The van der Waals surface area contributed by atoms with Crippen molar-refractivity contribution in [2.75, 3.05) is 0 Å². The molecule has 0 amide bonds. The first-order valence-electron chi connectivity index (χ1n) is 5.15. The van der Waals surface area contributed by atoms with Gasteiger partial charge in [0.15, 0.2) is 0 Å².